The number of para-hydroxylation sites is 2. The molecule has 25 heavy (non-hydrogen) atoms. The summed E-state index contributed by atoms with van der Waals surface area (Å²) in [5.41, 5.74) is 1.06. The van der Waals surface area contributed by atoms with Crippen LogP contribution in [-0.2, 0) is 5.41 Å². The smallest absolute Gasteiger partial charge is 0.243 e. The van der Waals surface area contributed by atoms with E-state index in [-0.39, 0.29) is 11.5 Å². The molecule has 3 rings (SSSR count). The van der Waals surface area contributed by atoms with Crippen molar-refractivity contribution in [2.75, 3.05) is 38.2 Å². The normalized spacial score (nSPS) is 17.6. The Kier molecular flexibility index (Phi) is 4.99. The molecule has 1 saturated heterocycles. The van der Waals surface area contributed by atoms with Crippen LogP contribution in [0, 0.1) is 0 Å². The number of ether oxygens (including phenoxy) is 1. The molecule has 1 aromatic heterocycles. The topological polar surface area (TPSA) is 54.6 Å². The van der Waals surface area contributed by atoms with Crippen LogP contribution in [0.4, 0.5) is 5.69 Å². The summed E-state index contributed by atoms with van der Waals surface area (Å²) in [6.07, 6.45) is 0. The molecule has 1 fully saturated rings. The van der Waals surface area contributed by atoms with Gasteiger partial charge in [0.1, 0.15) is 5.75 Å². The monoisotopic (exact) mass is 344 g/mol. The summed E-state index contributed by atoms with van der Waals surface area (Å²) in [7, 11) is 1.72. The number of methoxy groups -OCH3 is 1. The molecule has 6 heteroatoms. The molecule has 0 radical (unpaired) electrons. The van der Waals surface area contributed by atoms with E-state index in [1.165, 1.54) is 0 Å². The van der Waals surface area contributed by atoms with Gasteiger partial charge in [0, 0.05) is 31.6 Å². The van der Waals surface area contributed by atoms with Gasteiger partial charge in [0.25, 0.3) is 0 Å². The highest BCUT2D eigenvalue weighted by Gasteiger charge is 2.28. The average Bonchev–Trinajstić information content (AvgIpc) is 3.12. The van der Waals surface area contributed by atoms with Crippen LogP contribution < -0.4 is 9.64 Å². The summed E-state index contributed by atoms with van der Waals surface area (Å²) in [5, 5.41) is 4.15. The van der Waals surface area contributed by atoms with Gasteiger partial charge in [-0.05, 0) is 19.1 Å². The van der Waals surface area contributed by atoms with Crippen molar-refractivity contribution in [3.63, 3.8) is 0 Å². The van der Waals surface area contributed by atoms with Gasteiger partial charge >= 0.3 is 0 Å². The third-order valence-electron chi connectivity index (χ3n) is 4.76. The first-order chi connectivity index (χ1) is 11.9. The van der Waals surface area contributed by atoms with Crippen LogP contribution in [-0.4, -0.2) is 48.3 Å². The summed E-state index contributed by atoms with van der Waals surface area (Å²) in [4.78, 5) is 9.37. The molecule has 0 bridgehead atoms. The number of anilines is 1. The molecule has 0 spiro atoms. The SMILES string of the molecule is COc1ccccc1N1CCN(C(C)c2nc(C(C)(C)C)no2)CC1. The van der Waals surface area contributed by atoms with Crippen molar-refractivity contribution in [2.45, 2.75) is 39.2 Å². The van der Waals surface area contributed by atoms with Crippen LogP contribution in [0.5, 0.6) is 5.75 Å². The van der Waals surface area contributed by atoms with Gasteiger partial charge in [-0.3, -0.25) is 4.90 Å². The van der Waals surface area contributed by atoms with Crippen molar-refractivity contribution in [1.29, 1.82) is 0 Å². The zero-order chi connectivity index (χ0) is 18.0. The van der Waals surface area contributed by atoms with Crippen molar-refractivity contribution < 1.29 is 9.26 Å². The van der Waals surface area contributed by atoms with Crippen molar-refractivity contribution >= 4 is 5.69 Å². The minimum atomic E-state index is -0.0932. The fraction of sp³-hybridized carbons (Fsp3) is 0.579. The highest BCUT2D eigenvalue weighted by molar-refractivity contribution is 5.58. The molecular formula is C19H28N4O2. The fourth-order valence-corrected chi connectivity index (χ4v) is 3.11. The number of hydrogen-bond acceptors (Lipinski definition) is 6. The first-order valence-corrected chi connectivity index (χ1v) is 8.86. The third-order valence-corrected chi connectivity index (χ3v) is 4.76. The summed E-state index contributed by atoms with van der Waals surface area (Å²) in [5.74, 6) is 2.40. The number of benzene rings is 1. The predicted octanol–water partition coefficient (Wildman–Crippen LogP) is 3.26. The number of nitrogens with zero attached hydrogens (tertiary/aromatic N) is 4. The van der Waals surface area contributed by atoms with E-state index in [2.05, 4.69) is 59.8 Å². The van der Waals surface area contributed by atoms with Gasteiger partial charge in [-0.1, -0.05) is 38.1 Å². The number of piperazine rings is 1. The summed E-state index contributed by atoms with van der Waals surface area (Å²) in [6, 6.07) is 8.31. The first-order valence-electron chi connectivity index (χ1n) is 8.86. The van der Waals surface area contributed by atoms with Crippen LogP contribution in [0.15, 0.2) is 28.8 Å². The van der Waals surface area contributed by atoms with Crippen LogP contribution in [0.1, 0.15) is 45.5 Å². The molecule has 6 nitrogen and oxygen atoms in total. The van der Waals surface area contributed by atoms with Gasteiger partial charge < -0.3 is 14.2 Å². The lowest BCUT2D eigenvalue weighted by molar-refractivity contribution is 0.164. The Morgan fingerprint density at radius 3 is 2.40 bits per heavy atom. The van der Waals surface area contributed by atoms with E-state index in [0.717, 1.165) is 43.4 Å². The highest BCUT2D eigenvalue weighted by atomic mass is 16.5. The maximum Gasteiger partial charge on any atom is 0.243 e. The maximum atomic E-state index is 5.52. The lowest BCUT2D eigenvalue weighted by Crippen LogP contribution is -2.47. The minimum absolute atomic E-state index is 0.0932. The molecule has 0 N–H and O–H groups in total. The zero-order valence-corrected chi connectivity index (χ0v) is 15.8. The van der Waals surface area contributed by atoms with E-state index in [9.17, 15) is 0 Å². The molecule has 1 aliphatic heterocycles. The standard InChI is InChI=1S/C19H28N4O2/c1-14(17-20-18(21-25-17)19(2,3)4)22-10-12-23(13-11-22)15-8-6-7-9-16(15)24-5/h6-9,14H,10-13H2,1-5H3. The Morgan fingerprint density at radius 1 is 1.12 bits per heavy atom. The molecule has 2 aromatic rings. The van der Waals surface area contributed by atoms with Gasteiger partial charge in [-0.2, -0.15) is 4.98 Å². The molecule has 0 saturated carbocycles. The van der Waals surface area contributed by atoms with E-state index in [1.807, 2.05) is 12.1 Å². The molecular weight excluding hydrogens is 316 g/mol. The minimum Gasteiger partial charge on any atom is -0.495 e. The van der Waals surface area contributed by atoms with Gasteiger partial charge in [0.15, 0.2) is 5.82 Å². The molecule has 2 heterocycles. The van der Waals surface area contributed by atoms with Gasteiger partial charge in [-0.25, -0.2) is 0 Å². The van der Waals surface area contributed by atoms with Gasteiger partial charge in [0.05, 0.1) is 18.8 Å². The maximum absolute atomic E-state index is 5.52. The third kappa shape index (κ3) is 3.79. The van der Waals surface area contributed by atoms with Crippen LogP contribution in [0.2, 0.25) is 0 Å². The molecule has 0 aliphatic carbocycles. The van der Waals surface area contributed by atoms with E-state index in [0.29, 0.717) is 5.89 Å². The second kappa shape index (κ2) is 7.04. The van der Waals surface area contributed by atoms with Crippen LogP contribution in [0.3, 0.4) is 0 Å². The Balaban J connectivity index is 1.65. The van der Waals surface area contributed by atoms with E-state index < -0.39 is 0 Å². The average molecular weight is 344 g/mol. The van der Waals surface area contributed by atoms with Crippen molar-refractivity contribution in [3.8, 4) is 5.75 Å². The number of hydrogen-bond donors (Lipinski definition) is 0. The lowest BCUT2D eigenvalue weighted by atomic mass is 9.96. The second-order valence-corrected chi connectivity index (χ2v) is 7.58. The van der Waals surface area contributed by atoms with Gasteiger partial charge in [-0.15, -0.1) is 0 Å². The molecule has 1 atom stereocenters. The van der Waals surface area contributed by atoms with Crippen molar-refractivity contribution in [2.24, 2.45) is 0 Å². The van der Waals surface area contributed by atoms with Crippen LogP contribution >= 0.6 is 0 Å². The summed E-state index contributed by atoms with van der Waals surface area (Å²) >= 11 is 0. The van der Waals surface area contributed by atoms with E-state index >= 15 is 0 Å². The Bertz CT molecular complexity index is 699. The van der Waals surface area contributed by atoms with E-state index in [1.54, 1.807) is 7.11 Å². The molecule has 1 unspecified atom stereocenters. The summed E-state index contributed by atoms with van der Waals surface area (Å²) < 4.78 is 11.0. The largest absolute Gasteiger partial charge is 0.495 e. The van der Waals surface area contributed by atoms with E-state index in [4.69, 9.17) is 9.26 Å². The Morgan fingerprint density at radius 2 is 1.80 bits per heavy atom. The molecule has 136 valence electrons. The highest BCUT2D eigenvalue weighted by Crippen LogP contribution is 2.30. The second-order valence-electron chi connectivity index (χ2n) is 7.58. The molecule has 0 amide bonds. The lowest BCUT2D eigenvalue weighted by Gasteiger charge is -2.38. The number of rotatable bonds is 4. The molecule has 1 aromatic carbocycles. The zero-order valence-electron chi connectivity index (χ0n) is 15.8. The number of aromatic nitrogens is 2. The summed E-state index contributed by atoms with van der Waals surface area (Å²) in [6.45, 7) is 12.2. The van der Waals surface area contributed by atoms with Gasteiger partial charge in [0.2, 0.25) is 5.89 Å². The van der Waals surface area contributed by atoms with Crippen molar-refractivity contribution in [1.82, 2.24) is 15.0 Å². The molecule has 1 aliphatic rings. The quantitative estimate of drug-likeness (QED) is 0.848. The predicted molar refractivity (Wildman–Crippen MR) is 98.2 cm³/mol. The first kappa shape index (κ1) is 17.7. The van der Waals surface area contributed by atoms with Crippen LogP contribution in [0.25, 0.3) is 0 Å². The van der Waals surface area contributed by atoms with Crippen molar-refractivity contribution in [3.05, 3.63) is 36.0 Å². The Hall–Kier alpha value is -2.08. The fourth-order valence-electron chi connectivity index (χ4n) is 3.11. The Labute approximate surface area is 149 Å².